The summed E-state index contributed by atoms with van der Waals surface area (Å²) in [5.74, 6) is 0.821. The minimum Gasteiger partial charge on any atom is -0.493 e. The SMILES string of the molecule is N#CCCCOc1cccc(NCc2nccs2)c1. The van der Waals surface area contributed by atoms with E-state index in [2.05, 4.69) is 16.4 Å². The van der Waals surface area contributed by atoms with Gasteiger partial charge >= 0.3 is 0 Å². The average Bonchev–Trinajstić information content (AvgIpc) is 2.95. The third-order valence-corrected chi connectivity index (χ3v) is 3.24. The molecule has 0 fully saturated rings. The molecule has 1 heterocycles. The molecule has 0 radical (unpaired) electrons. The maximum Gasteiger partial charge on any atom is 0.121 e. The van der Waals surface area contributed by atoms with E-state index in [-0.39, 0.29) is 0 Å². The molecule has 0 spiro atoms. The molecule has 0 aliphatic carbocycles. The number of anilines is 1. The predicted molar refractivity (Wildman–Crippen MR) is 76.2 cm³/mol. The third kappa shape index (κ3) is 4.60. The molecule has 0 aliphatic heterocycles. The van der Waals surface area contributed by atoms with Gasteiger partial charge in [-0.05, 0) is 18.6 Å². The average molecular weight is 273 g/mol. The van der Waals surface area contributed by atoms with E-state index in [1.165, 1.54) is 0 Å². The number of benzene rings is 1. The van der Waals surface area contributed by atoms with Gasteiger partial charge in [-0.1, -0.05) is 6.07 Å². The summed E-state index contributed by atoms with van der Waals surface area (Å²) in [7, 11) is 0. The monoisotopic (exact) mass is 273 g/mol. The smallest absolute Gasteiger partial charge is 0.121 e. The Morgan fingerprint density at radius 2 is 2.37 bits per heavy atom. The number of hydrogen-bond donors (Lipinski definition) is 1. The molecule has 19 heavy (non-hydrogen) atoms. The van der Waals surface area contributed by atoms with Gasteiger partial charge < -0.3 is 10.1 Å². The highest BCUT2D eigenvalue weighted by atomic mass is 32.1. The number of nitrogens with one attached hydrogen (secondary N) is 1. The van der Waals surface area contributed by atoms with E-state index in [0.717, 1.165) is 29.4 Å². The maximum atomic E-state index is 8.45. The molecule has 1 N–H and O–H groups in total. The van der Waals surface area contributed by atoms with Gasteiger partial charge in [0.2, 0.25) is 0 Å². The molecular formula is C14H15N3OS. The summed E-state index contributed by atoms with van der Waals surface area (Å²) in [5.41, 5.74) is 1.01. The van der Waals surface area contributed by atoms with Gasteiger partial charge in [-0.25, -0.2) is 4.98 Å². The Balaban J connectivity index is 1.83. The van der Waals surface area contributed by atoms with Crippen molar-refractivity contribution in [1.82, 2.24) is 4.98 Å². The standard InChI is InChI=1S/C14H15N3OS/c15-6-1-2-8-18-13-5-3-4-12(10-13)17-11-14-16-7-9-19-14/h3-5,7,9-10,17H,1-2,8,11H2. The lowest BCUT2D eigenvalue weighted by Gasteiger charge is -2.08. The van der Waals surface area contributed by atoms with Crippen molar-refractivity contribution in [2.45, 2.75) is 19.4 Å². The van der Waals surface area contributed by atoms with E-state index >= 15 is 0 Å². The van der Waals surface area contributed by atoms with Crippen LogP contribution in [0.4, 0.5) is 5.69 Å². The highest BCUT2D eigenvalue weighted by molar-refractivity contribution is 7.09. The summed E-state index contributed by atoms with van der Waals surface area (Å²) in [5, 5.41) is 14.8. The first-order valence-electron chi connectivity index (χ1n) is 6.10. The van der Waals surface area contributed by atoms with Crippen molar-refractivity contribution in [3.8, 4) is 11.8 Å². The van der Waals surface area contributed by atoms with E-state index in [4.69, 9.17) is 10.00 Å². The molecular weight excluding hydrogens is 258 g/mol. The van der Waals surface area contributed by atoms with Crippen molar-refractivity contribution in [3.63, 3.8) is 0 Å². The first-order valence-corrected chi connectivity index (χ1v) is 6.98. The molecule has 0 unspecified atom stereocenters. The van der Waals surface area contributed by atoms with Gasteiger partial charge in [0.1, 0.15) is 10.8 Å². The van der Waals surface area contributed by atoms with Gasteiger partial charge in [0.15, 0.2) is 0 Å². The van der Waals surface area contributed by atoms with Crippen LogP contribution in [0.15, 0.2) is 35.8 Å². The fourth-order valence-electron chi connectivity index (χ4n) is 1.56. The van der Waals surface area contributed by atoms with Crippen LogP contribution in [0, 0.1) is 11.3 Å². The van der Waals surface area contributed by atoms with Crippen molar-refractivity contribution in [1.29, 1.82) is 5.26 Å². The van der Waals surface area contributed by atoms with Crippen LogP contribution in [0.1, 0.15) is 17.8 Å². The summed E-state index contributed by atoms with van der Waals surface area (Å²) in [4.78, 5) is 4.22. The molecule has 1 aromatic carbocycles. The van der Waals surface area contributed by atoms with Crippen molar-refractivity contribution in [2.24, 2.45) is 0 Å². The molecule has 4 nitrogen and oxygen atoms in total. The summed E-state index contributed by atoms with van der Waals surface area (Å²) < 4.78 is 5.58. The molecule has 0 saturated heterocycles. The van der Waals surface area contributed by atoms with Gasteiger partial charge in [0, 0.05) is 29.8 Å². The predicted octanol–water partition coefficient (Wildman–Crippen LogP) is 3.44. The number of unbranched alkanes of at least 4 members (excludes halogenated alkanes) is 1. The van der Waals surface area contributed by atoms with Crippen LogP contribution < -0.4 is 10.1 Å². The summed E-state index contributed by atoms with van der Waals surface area (Å²) >= 11 is 1.63. The highest BCUT2D eigenvalue weighted by Crippen LogP contribution is 2.18. The number of nitrogens with zero attached hydrogens (tertiary/aromatic N) is 2. The van der Waals surface area contributed by atoms with Crippen molar-refractivity contribution in [2.75, 3.05) is 11.9 Å². The zero-order chi connectivity index (χ0) is 13.3. The molecule has 0 atom stereocenters. The topological polar surface area (TPSA) is 57.9 Å². The van der Waals surface area contributed by atoms with Crippen molar-refractivity contribution in [3.05, 3.63) is 40.8 Å². The lowest BCUT2D eigenvalue weighted by Crippen LogP contribution is -2.00. The van der Waals surface area contributed by atoms with Crippen LogP contribution in [-0.2, 0) is 6.54 Å². The Bertz CT molecular complexity index is 534. The minimum atomic E-state index is 0.530. The minimum absolute atomic E-state index is 0.530. The maximum absolute atomic E-state index is 8.45. The van der Waals surface area contributed by atoms with Crippen LogP contribution in [0.3, 0.4) is 0 Å². The number of rotatable bonds is 7. The number of nitriles is 1. The van der Waals surface area contributed by atoms with Gasteiger partial charge in [-0.2, -0.15) is 5.26 Å². The van der Waals surface area contributed by atoms with Crippen molar-refractivity contribution >= 4 is 17.0 Å². The Morgan fingerprint density at radius 1 is 1.42 bits per heavy atom. The van der Waals surface area contributed by atoms with Crippen LogP contribution in [-0.4, -0.2) is 11.6 Å². The lowest BCUT2D eigenvalue weighted by molar-refractivity contribution is 0.313. The number of hydrogen-bond acceptors (Lipinski definition) is 5. The number of aromatic nitrogens is 1. The molecule has 0 amide bonds. The molecule has 2 rings (SSSR count). The van der Waals surface area contributed by atoms with E-state index in [0.29, 0.717) is 13.0 Å². The molecule has 1 aromatic heterocycles. The summed E-state index contributed by atoms with van der Waals surface area (Å²) in [6.45, 7) is 1.29. The normalized spacial score (nSPS) is 9.84. The van der Waals surface area contributed by atoms with Gasteiger partial charge in [0.25, 0.3) is 0 Å². The Kier molecular flexibility index (Phi) is 5.20. The zero-order valence-corrected chi connectivity index (χ0v) is 11.3. The summed E-state index contributed by atoms with van der Waals surface area (Å²) in [6, 6.07) is 9.92. The fourth-order valence-corrected chi connectivity index (χ4v) is 2.11. The Labute approximate surface area is 116 Å². The van der Waals surface area contributed by atoms with Crippen LogP contribution in [0.5, 0.6) is 5.75 Å². The van der Waals surface area contributed by atoms with E-state index in [1.54, 1.807) is 17.5 Å². The largest absolute Gasteiger partial charge is 0.493 e. The van der Waals surface area contributed by atoms with Gasteiger partial charge in [-0.15, -0.1) is 11.3 Å². The van der Waals surface area contributed by atoms with Crippen LogP contribution in [0.25, 0.3) is 0 Å². The van der Waals surface area contributed by atoms with E-state index in [1.807, 2.05) is 29.6 Å². The van der Waals surface area contributed by atoms with Gasteiger partial charge in [-0.3, -0.25) is 0 Å². The van der Waals surface area contributed by atoms with E-state index in [9.17, 15) is 0 Å². The lowest BCUT2D eigenvalue weighted by atomic mass is 10.3. The summed E-state index contributed by atoms with van der Waals surface area (Å²) in [6.07, 6.45) is 3.09. The van der Waals surface area contributed by atoms with Crippen LogP contribution >= 0.6 is 11.3 Å². The van der Waals surface area contributed by atoms with Gasteiger partial charge in [0.05, 0.1) is 19.2 Å². The Morgan fingerprint density at radius 3 is 3.16 bits per heavy atom. The molecule has 0 aliphatic rings. The number of ether oxygens (including phenoxy) is 1. The Hall–Kier alpha value is -2.06. The van der Waals surface area contributed by atoms with Crippen molar-refractivity contribution < 1.29 is 4.74 Å². The second-order valence-electron chi connectivity index (χ2n) is 3.92. The molecule has 98 valence electrons. The fraction of sp³-hybridized carbons (Fsp3) is 0.286. The van der Waals surface area contributed by atoms with E-state index < -0.39 is 0 Å². The highest BCUT2D eigenvalue weighted by Gasteiger charge is 1.99. The van der Waals surface area contributed by atoms with Crippen LogP contribution in [0.2, 0.25) is 0 Å². The zero-order valence-electron chi connectivity index (χ0n) is 10.5. The molecule has 5 heteroatoms. The quantitative estimate of drug-likeness (QED) is 0.785. The molecule has 0 bridgehead atoms. The second-order valence-corrected chi connectivity index (χ2v) is 4.90. The third-order valence-electron chi connectivity index (χ3n) is 2.46. The molecule has 2 aromatic rings. The second kappa shape index (κ2) is 7.39. The molecule has 0 saturated carbocycles. The first-order chi connectivity index (χ1) is 9.38. The first kappa shape index (κ1) is 13.4. The number of thiazole rings is 1.